The fourth-order valence-corrected chi connectivity index (χ4v) is 4.03. The van der Waals surface area contributed by atoms with Crippen LogP contribution in [0.3, 0.4) is 0 Å². The number of ether oxygens (including phenoxy) is 1. The second kappa shape index (κ2) is 8.73. The zero-order valence-electron chi connectivity index (χ0n) is 22.9. The Morgan fingerprint density at radius 3 is 2.22 bits per heavy atom. The normalized spacial score (nSPS) is 19.3. The van der Waals surface area contributed by atoms with Crippen molar-refractivity contribution in [2.75, 3.05) is 5.32 Å². The number of aromatic nitrogens is 2. The summed E-state index contributed by atoms with van der Waals surface area (Å²) in [4.78, 5) is 26.2. The molecule has 1 saturated carbocycles. The maximum atomic E-state index is 13.4. The summed E-state index contributed by atoms with van der Waals surface area (Å²) in [5.74, 6) is 0.355. The maximum absolute atomic E-state index is 13.4. The number of rotatable bonds is 5. The predicted octanol–water partition coefficient (Wildman–Crippen LogP) is 4.76. The zero-order valence-corrected chi connectivity index (χ0v) is 22.9. The Bertz CT molecular complexity index is 1160. The van der Waals surface area contributed by atoms with Gasteiger partial charge in [-0.25, -0.2) is 4.79 Å². The lowest BCUT2D eigenvalue weighted by Gasteiger charge is -2.32. The molecule has 2 aliphatic rings. The summed E-state index contributed by atoms with van der Waals surface area (Å²) in [7, 11) is -0.514. The highest BCUT2D eigenvalue weighted by Gasteiger charge is 2.52. The van der Waals surface area contributed by atoms with Crippen LogP contribution in [0.4, 0.5) is 10.6 Å². The van der Waals surface area contributed by atoms with Crippen LogP contribution < -0.4 is 10.8 Å². The van der Waals surface area contributed by atoms with E-state index in [0.717, 1.165) is 29.6 Å². The molecule has 4 rings (SSSR count). The highest BCUT2D eigenvalue weighted by molar-refractivity contribution is 6.62. The summed E-state index contributed by atoms with van der Waals surface area (Å²) < 4.78 is 19.2. The summed E-state index contributed by atoms with van der Waals surface area (Å²) in [5, 5.41) is 7.30. The summed E-state index contributed by atoms with van der Waals surface area (Å²) in [6, 6.07) is 9.51. The molecule has 1 aliphatic carbocycles. The molecule has 9 heteroatoms. The summed E-state index contributed by atoms with van der Waals surface area (Å²) in [6.07, 6.45) is 1.43. The van der Waals surface area contributed by atoms with E-state index < -0.39 is 35.4 Å². The van der Waals surface area contributed by atoms with E-state index in [0.29, 0.717) is 5.82 Å². The molecule has 0 radical (unpaired) electrons. The molecular weight excluding hydrogens is 457 g/mol. The van der Waals surface area contributed by atoms with Crippen LogP contribution in [0.2, 0.25) is 0 Å². The molecule has 1 aromatic heterocycles. The number of nitrogens with zero attached hydrogens (tertiary/aromatic N) is 2. The lowest BCUT2D eigenvalue weighted by atomic mass is 9.74. The molecule has 36 heavy (non-hydrogen) atoms. The first-order valence-electron chi connectivity index (χ1n) is 12.6. The van der Waals surface area contributed by atoms with Gasteiger partial charge >= 0.3 is 13.2 Å². The van der Waals surface area contributed by atoms with Crippen molar-refractivity contribution in [2.24, 2.45) is 0 Å². The first-order chi connectivity index (χ1) is 16.5. The minimum Gasteiger partial charge on any atom is -0.442 e. The quantitative estimate of drug-likeness (QED) is 0.602. The van der Waals surface area contributed by atoms with Gasteiger partial charge in [-0.15, -0.1) is 5.10 Å². The molecule has 0 atom stereocenters. The molecule has 0 bridgehead atoms. The van der Waals surface area contributed by atoms with Gasteiger partial charge < -0.3 is 19.4 Å². The Balaban J connectivity index is 1.54. The summed E-state index contributed by atoms with van der Waals surface area (Å²) in [6.45, 7) is 17.2. The average Bonchev–Trinajstić information content (AvgIpc) is 3.46. The standard InChI is InChI=1S/C27H38BN3O5/c1-24(2,3)34-23(33)31-20(17-13-14-17)16-21(30-31)29-22(32)25(4,5)18-11-10-12-19(15-18)28-35-26(6,7)27(8,9)36-28/h10-12,15-17H,13-14H2,1-9H3,(H,29,30,32). The molecule has 2 aromatic rings. The third kappa shape index (κ3) is 5.23. The number of benzene rings is 1. The topological polar surface area (TPSA) is 91.7 Å². The SMILES string of the molecule is CC(C)(C)OC(=O)n1nc(NC(=O)C(C)(C)c2cccc(B3OC(C)(C)C(C)(C)O3)c2)cc1C1CC1. The molecule has 1 amide bonds. The van der Waals surface area contributed by atoms with Crippen molar-refractivity contribution in [1.82, 2.24) is 9.78 Å². The van der Waals surface area contributed by atoms with Crippen LogP contribution in [-0.2, 0) is 24.3 Å². The van der Waals surface area contributed by atoms with Crippen LogP contribution in [0.5, 0.6) is 0 Å². The van der Waals surface area contributed by atoms with Gasteiger partial charge in [0.1, 0.15) is 5.60 Å². The predicted molar refractivity (Wildman–Crippen MR) is 140 cm³/mol. The Morgan fingerprint density at radius 2 is 1.67 bits per heavy atom. The molecule has 1 aromatic carbocycles. The van der Waals surface area contributed by atoms with Crippen LogP contribution in [0.1, 0.15) is 92.3 Å². The molecule has 8 nitrogen and oxygen atoms in total. The fraction of sp³-hybridized carbons (Fsp3) is 0.593. The van der Waals surface area contributed by atoms with Gasteiger partial charge in [-0.05, 0) is 86.2 Å². The van der Waals surface area contributed by atoms with Gasteiger partial charge in [-0.1, -0.05) is 24.3 Å². The molecule has 1 N–H and O–H groups in total. The van der Waals surface area contributed by atoms with E-state index in [1.165, 1.54) is 4.68 Å². The molecule has 1 aliphatic heterocycles. The van der Waals surface area contributed by atoms with Crippen LogP contribution in [0.15, 0.2) is 30.3 Å². The van der Waals surface area contributed by atoms with Crippen molar-refractivity contribution in [2.45, 2.75) is 103 Å². The smallest absolute Gasteiger partial charge is 0.442 e. The van der Waals surface area contributed by atoms with Gasteiger partial charge in [0.05, 0.1) is 22.3 Å². The third-order valence-electron chi connectivity index (χ3n) is 7.24. The molecule has 1 saturated heterocycles. The van der Waals surface area contributed by atoms with E-state index >= 15 is 0 Å². The lowest BCUT2D eigenvalue weighted by molar-refractivity contribution is -0.120. The number of carbonyl (C=O) groups is 2. The van der Waals surface area contributed by atoms with Crippen LogP contribution in [0.25, 0.3) is 0 Å². The number of carbonyl (C=O) groups excluding carboxylic acids is 2. The van der Waals surface area contributed by atoms with Gasteiger partial charge in [0.2, 0.25) is 5.91 Å². The van der Waals surface area contributed by atoms with Gasteiger partial charge in [0.15, 0.2) is 5.82 Å². The van der Waals surface area contributed by atoms with Gasteiger partial charge in [0.25, 0.3) is 0 Å². The number of hydrogen-bond acceptors (Lipinski definition) is 6. The first-order valence-corrected chi connectivity index (χ1v) is 12.6. The minimum absolute atomic E-state index is 0.232. The van der Waals surface area contributed by atoms with Crippen molar-refractivity contribution in [3.63, 3.8) is 0 Å². The van der Waals surface area contributed by atoms with E-state index in [-0.39, 0.29) is 11.8 Å². The monoisotopic (exact) mass is 495 g/mol. The molecule has 0 spiro atoms. The number of anilines is 1. The molecule has 0 unspecified atom stereocenters. The lowest BCUT2D eigenvalue weighted by Crippen LogP contribution is -2.41. The Hall–Kier alpha value is -2.65. The number of nitrogens with one attached hydrogen (secondary N) is 1. The first kappa shape index (κ1) is 26.4. The van der Waals surface area contributed by atoms with Crippen molar-refractivity contribution < 1.29 is 23.6 Å². The molecule has 2 fully saturated rings. The van der Waals surface area contributed by atoms with Gasteiger partial charge in [-0.3, -0.25) is 4.79 Å². The number of hydrogen-bond donors (Lipinski definition) is 1. The summed E-state index contributed by atoms with van der Waals surface area (Å²) in [5.41, 5.74) is 0.0186. The Labute approximate surface area is 214 Å². The Kier molecular flexibility index (Phi) is 6.41. The third-order valence-corrected chi connectivity index (χ3v) is 7.24. The van der Waals surface area contributed by atoms with E-state index in [9.17, 15) is 9.59 Å². The number of amides is 1. The van der Waals surface area contributed by atoms with E-state index in [1.54, 1.807) is 6.07 Å². The largest absolute Gasteiger partial charge is 0.494 e. The molecular formula is C27H38BN3O5. The van der Waals surface area contributed by atoms with E-state index in [2.05, 4.69) is 10.4 Å². The summed E-state index contributed by atoms with van der Waals surface area (Å²) >= 11 is 0. The molecule has 2 heterocycles. The maximum Gasteiger partial charge on any atom is 0.494 e. The second-order valence-electron chi connectivity index (χ2n) is 12.4. The van der Waals surface area contributed by atoms with Crippen LogP contribution in [-0.4, -0.2) is 45.7 Å². The second-order valence-corrected chi connectivity index (χ2v) is 12.4. The fourth-order valence-electron chi connectivity index (χ4n) is 4.03. The van der Waals surface area contributed by atoms with Crippen molar-refractivity contribution >= 4 is 30.4 Å². The van der Waals surface area contributed by atoms with Crippen LogP contribution in [0, 0.1) is 0 Å². The molecule has 194 valence electrons. The Morgan fingerprint density at radius 1 is 1.06 bits per heavy atom. The zero-order chi connectivity index (χ0) is 26.7. The van der Waals surface area contributed by atoms with Crippen molar-refractivity contribution in [1.29, 1.82) is 0 Å². The van der Waals surface area contributed by atoms with Gasteiger partial charge in [-0.2, -0.15) is 4.68 Å². The van der Waals surface area contributed by atoms with E-state index in [1.807, 2.05) is 86.6 Å². The van der Waals surface area contributed by atoms with Crippen molar-refractivity contribution in [3.05, 3.63) is 41.6 Å². The highest BCUT2D eigenvalue weighted by atomic mass is 16.7. The average molecular weight is 495 g/mol. The minimum atomic E-state index is -0.880. The van der Waals surface area contributed by atoms with Crippen LogP contribution >= 0.6 is 0 Å². The van der Waals surface area contributed by atoms with Crippen molar-refractivity contribution in [3.8, 4) is 0 Å². The van der Waals surface area contributed by atoms with Gasteiger partial charge in [0, 0.05) is 12.0 Å². The van der Waals surface area contributed by atoms with E-state index in [4.69, 9.17) is 14.0 Å². The highest BCUT2D eigenvalue weighted by Crippen LogP contribution is 2.41.